The molecule has 40 heavy (non-hydrogen) atoms. The number of nitrogens with two attached hydrogens (primary N) is 1. The predicted octanol–water partition coefficient (Wildman–Crippen LogP) is 5.51. The van der Waals surface area contributed by atoms with Crippen LogP contribution in [0.1, 0.15) is 89.4 Å². The van der Waals surface area contributed by atoms with E-state index in [1.165, 1.54) is 4.90 Å². The fraction of sp³-hybridized carbons (Fsp3) is 0.562. The van der Waals surface area contributed by atoms with E-state index in [-0.39, 0.29) is 24.3 Å². The highest BCUT2D eigenvalue weighted by Gasteiger charge is 2.35. The Balaban J connectivity index is 2.33. The lowest BCUT2D eigenvalue weighted by Crippen LogP contribution is -2.45. The quantitative estimate of drug-likeness (QED) is 0.450. The van der Waals surface area contributed by atoms with E-state index in [4.69, 9.17) is 10.7 Å². The molecule has 1 atom stereocenters. The number of nitrogens with zero attached hydrogens (tertiary/aromatic N) is 3. The lowest BCUT2D eigenvalue weighted by Gasteiger charge is -2.35. The Kier molecular flexibility index (Phi) is 9.32. The Hall–Kier alpha value is -3.42. The van der Waals surface area contributed by atoms with E-state index in [0.29, 0.717) is 25.8 Å². The molecule has 8 nitrogen and oxygen atoms in total. The Labute approximate surface area is 239 Å². The van der Waals surface area contributed by atoms with Crippen molar-refractivity contribution < 1.29 is 19.5 Å². The molecule has 1 aliphatic rings. The van der Waals surface area contributed by atoms with Crippen LogP contribution in [0.25, 0.3) is 11.1 Å². The van der Waals surface area contributed by atoms with Crippen LogP contribution >= 0.6 is 0 Å². The maximum absolute atomic E-state index is 13.7. The molecule has 1 aromatic carbocycles. The molecule has 8 heteroatoms. The van der Waals surface area contributed by atoms with Crippen LogP contribution < -0.4 is 5.73 Å². The molecule has 0 bridgehead atoms. The highest BCUT2D eigenvalue weighted by molar-refractivity contribution is 5.89. The fourth-order valence-corrected chi connectivity index (χ4v) is 5.50. The smallest absolute Gasteiger partial charge is 0.408 e. The monoisotopic (exact) mass is 550 g/mol. The molecule has 2 aromatic rings. The van der Waals surface area contributed by atoms with Gasteiger partial charge in [-0.1, -0.05) is 57.5 Å². The summed E-state index contributed by atoms with van der Waals surface area (Å²) < 4.78 is 0. The summed E-state index contributed by atoms with van der Waals surface area (Å²) in [6.45, 7) is 16.7. The van der Waals surface area contributed by atoms with Crippen molar-refractivity contribution in [3.8, 4) is 11.1 Å². The molecule has 1 aromatic heterocycles. The third-order valence-electron chi connectivity index (χ3n) is 7.53. The average molecular weight is 551 g/mol. The van der Waals surface area contributed by atoms with Gasteiger partial charge >= 0.3 is 6.09 Å². The first-order chi connectivity index (χ1) is 18.5. The minimum Gasteiger partial charge on any atom is -0.465 e. The van der Waals surface area contributed by atoms with Gasteiger partial charge in [0.05, 0.1) is 13.0 Å². The van der Waals surface area contributed by atoms with Crippen LogP contribution in [0.3, 0.4) is 0 Å². The van der Waals surface area contributed by atoms with Crippen molar-refractivity contribution >= 4 is 17.9 Å². The Morgan fingerprint density at radius 3 is 2.17 bits per heavy atom. The molecule has 3 N–H and O–H groups in total. The Morgan fingerprint density at radius 1 is 1.05 bits per heavy atom. The van der Waals surface area contributed by atoms with E-state index >= 15 is 0 Å². The predicted molar refractivity (Wildman–Crippen MR) is 158 cm³/mol. The molecule has 3 amide bonds. The van der Waals surface area contributed by atoms with Crippen LogP contribution in [-0.4, -0.2) is 55.9 Å². The van der Waals surface area contributed by atoms with Gasteiger partial charge in [0, 0.05) is 29.0 Å². The van der Waals surface area contributed by atoms with Crippen LogP contribution in [0.2, 0.25) is 0 Å². The van der Waals surface area contributed by atoms with Gasteiger partial charge in [0.1, 0.15) is 6.04 Å². The van der Waals surface area contributed by atoms with Crippen molar-refractivity contribution in [1.82, 2.24) is 14.8 Å². The maximum Gasteiger partial charge on any atom is 0.408 e. The number of carbonyl (C=O) groups is 3. The summed E-state index contributed by atoms with van der Waals surface area (Å²) >= 11 is 0. The van der Waals surface area contributed by atoms with Crippen LogP contribution in [0.4, 0.5) is 4.79 Å². The van der Waals surface area contributed by atoms with E-state index in [9.17, 15) is 19.5 Å². The first-order valence-electron chi connectivity index (χ1n) is 14.2. The molecule has 218 valence electrons. The summed E-state index contributed by atoms with van der Waals surface area (Å²) in [4.78, 5) is 46.5. The van der Waals surface area contributed by atoms with E-state index in [1.807, 2.05) is 58.9 Å². The lowest BCUT2D eigenvalue weighted by molar-refractivity contribution is -0.136. The zero-order valence-corrected chi connectivity index (χ0v) is 25.4. The van der Waals surface area contributed by atoms with Gasteiger partial charge in [0.25, 0.3) is 0 Å². The van der Waals surface area contributed by atoms with Gasteiger partial charge in [-0.3, -0.25) is 19.5 Å². The zero-order valence-electron chi connectivity index (χ0n) is 25.4. The molecule has 0 spiro atoms. The zero-order chi connectivity index (χ0) is 30.0. The van der Waals surface area contributed by atoms with Crippen LogP contribution in [0, 0.1) is 12.3 Å². The van der Waals surface area contributed by atoms with E-state index in [1.54, 1.807) is 4.90 Å². The number of primary amides is 1. The first kappa shape index (κ1) is 31.1. The number of hydrogen-bond donors (Lipinski definition) is 2. The van der Waals surface area contributed by atoms with Crippen LogP contribution in [0.5, 0.6) is 0 Å². The van der Waals surface area contributed by atoms with Crippen molar-refractivity contribution in [1.29, 1.82) is 0 Å². The highest BCUT2D eigenvalue weighted by atomic mass is 16.4. The summed E-state index contributed by atoms with van der Waals surface area (Å²) in [5.41, 5.74) is 11.0. The Morgan fingerprint density at radius 2 is 1.68 bits per heavy atom. The van der Waals surface area contributed by atoms with Gasteiger partial charge < -0.3 is 15.7 Å². The standard InChI is InChI=1S/C32H46N4O4/c1-9-24-22(17-27(37)35-16-10-11-26(35)29(33)38)28(21-14-12-20(2)13-15-21)23(25(34-24)18-31(3,4)5)19-36(30(39)40)32(6,7)8/h12-15,26H,9-11,16-19H2,1-8H3,(H2,33,38)(H,39,40)/t26-/m0/s1. The number of carboxylic acid groups (broad SMARTS) is 1. The van der Waals surface area contributed by atoms with Crippen molar-refractivity contribution in [2.75, 3.05) is 6.54 Å². The maximum atomic E-state index is 13.7. The van der Waals surface area contributed by atoms with Gasteiger partial charge in [0.15, 0.2) is 0 Å². The fourth-order valence-electron chi connectivity index (χ4n) is 5.50. The normalized spacial score (nSPS) is 15.8. The molecule has 0 unspecified atom stereocenters. The molecular weight excluding hydrogens is 504 g/mol. The number of aryl methyl sites for hydroxylation is 2. The minimum atomic E-state index is -1.01. The number of likely N-dealkylation sites (tertiary alicyclic amines) is 1. The molecule has 0 saturated carbocycles. The first-order valence-corrected chi connectivity index (χ1v) is 14.2. The summed E-state index contributed by atoms with van der Waals surface area (Å²) in [6, 6.07) is 7.53. The van der Waals surface area contributed by atoms with Crippen molar-refractivity contribution in [3.63, 3.8) is 0 Å². The van der Waals surface area contributed by atoms with E-state index < -0.39 is 23.6 Å². The van der Waals surface area contributed by atoms with Crippen LogP contribution in [-0.2, 0) is 35.4 Å². The lowest BCUT2D eigenvalue weighted by atomic mass is 9.83. The van der Waals surface area contributed by atoms with Gasteiger partial charge in [-0.2, -0.15) is 0 Å². The summed E-state index contributed by atoms with van der Waals surface area (Å²) in [6.07, 6.45) is 1.62. The second-order valence-corrected chi connectivity index (χ2v) is 13.2. The van der Waals surface area contributed by atoms with Gasteiger partial charge in [-0.25, -0.2) is 4.79 Å². The number of pyridine rings is 1. The molecule has 0 radical (unpaired) electrons. The molecule has 1 saturated heterocycles. The number of hydrogen-bond acceptors (Lipinski definition) is 4. The SMILES string of the molecule is CCc1nc(CC(C)(C)C)c(CN(C(=O)O)C(C)(C)C)c(-c2ccc(C)cc2)c1CC(=O)N1CCC[C@H]1C(N)=O. The second-order valence-electron chi connectivity index (χ2n) is 13.2. The van der Waals surface area contributed by atoms with Gasteiger partial charge in [-0.15, -0.1) is 0 Å². The molecule has 3 rings (SSSR count). The van der Waals surface area contributed by atoms with E-state index in [0.717, 1.165) is 45.6 Å². The van der Waals surface area contributed by atoms with Gasteiger partial charge in [-0.05, 0) is 75.5 Å². The number of aromatic nitrogens is 1. The highest BCUT2D eigenvalue weighted by Crippen LogP contribution is 2.37. The third kappa shape index (κ3) is 7.20. The summed E-state index contributed by atoms with van der Waals surface area (Å²) in [5, 5.41) is 10.2. The largest absolute Gasteiger partial charge is 0.465 e. The second kappa shape index (κ2) is 12.0. The minimum absolute atomic E-state index is 0.0640. The third-order valence-corrected chi connectivity index (χ3v) is 7.53. The number of carbonyl (C=O) groups excluding carboxylic acids is 2. The molecule has 1 fully saturated rings. The summed E-state index contributed by atoms with van der Waals surface area (Å²) in [7, 11) is 0. The Bertz CT molecular complexity index is 1260. The van der Waals surface area contributed by atoms with Gasteiger partial charge in [0.2, 0.25) is 11.8 Å². The van der Waals surface area contributed by atoms with Crippen molar-refractivity contribution in [3.05, 3.63) is 52.3 Å². The summed E-state index contributed by atoms with van der Waals surface area (Å²) in [5.74, 6) is -0.645. The molecule has 0 aliphatic carbocycles. The number of benzene rings is 1. The van der Waals surface area contributed by atoms with Crippen molar-refractivity contribution in [2.24, 2.45) is 11.1 Å². The van der Waals surface area contributed by atoms with E-state index in [2.05, 4.69) is 20.8 Å². The van der Waals surface area contributed by atoms with Crippen LogP contribution in [0.15, 0.2) is 24.3 Å². The molecule has 1 aliphatic heterocycles. The number of rotatable bonds is 8. The number of amides is 3. The molecular formula is C32H46N4O4. The average Bonchev–Trinajstić information content (AvgIpc) is 3.33. The van der Waals surface area contributed by atoms with Crippen molar-refractivity contribution in [2.45, 2.75) is 106 Å². The topological polar surface area (TPSA) is 117 Å². The molecule has 2 heterocycles.